The third-order valence-electron chi connectivity index (χ3n) is 4.24. The summed E-state index contributed by atoms with van der Waals surface area (Å²) in [6.07, 6.45) is 3.77. The summed E-state index contributed by atoms with van der Waals surface area (Å²) in [7, 11) is 0. The smallest absolute Gasteiger partial charge is 0.273 e. The standard InChI is InChI=1S/C14H18N4OS/c1-10-7-16-17-12(10)14(2)3-5-18(6-4-14)13(19)11-8-20-9-15-11/h7-9H,3-6H2,1-2H3,(H,16,17). The molecule has 1 amide bonds. The average Bonchev–Trinajstić information content (AvgIpc) is 3.10. The Morgan fingerprint density at radius 1 is 1.45 bits per heavy atom. The number of carbonyl (C=O) groups excluding carboxylic acids is 1. The number of nitrogens with one attached hydrogen (secondary N) is 1. The Hall–Kier alpha value is -1.69. The van der Waals surface area contributed by atoms with Crippen LogP contribution in [0.3, 0.4) is 0 Å². The minimum atomic E-state index is 0.0506. The molecule has 0 bridgehead atoms. The fraction of sp³-hybridized carbons (Fsp3) is 0.500. The van der Waals surface area contributed by atoms with Gasteiger partial charge < -0.3 is 4.90 Å². The van der Waals surface area contributed by atoms with Crippen molar-refractivity contribution in [1.29, 1.82) is 0 Å². The zero-order chi connectivity index (χ0) is 14.2. The summed E-state index contributed by atoms with van der Waals surface area (Å²) in [5.74, 6) is 0.0506. The van der Waals surface area contributed by atoms with Gasteiger partial charge in [0, 0.05) is 29.6 Å². The number of H-pyrrole nitrogens is 1. The second-order valence-electron chi connectivity index (χ2n) is 5.65. The molecular formula is C14H18N4OS. The molecular weight excluding hydrogens is 272 g/mol. The summed E-state index contributed by atoms with van der Waals surface area (Å²) in [4.78, 5) is 18.3. The number of hydrogen-bond donors (Lipinski definition) is 1. The molecule has 0 spiro atoms. The lowest BCUT2D eigenvalue weighted by molar-refractivity contribution is 0.0668. The first-order valence-electron chi connectivity index (χ1n) is 6.78. The minimum absolute atomic E-state index is 0.0506. The van der Waals surface area contributed by atoms with Crippen LogP contribution >= 0.6 is 11.3 Å². The van der Waals surface area contributed by atoms with Crippen LogP contribution in [0.25, 0.3) is 0 Å². The van der Waals surface area contributed by atoms with Gasteiger partial charge in [-0.3, -0.25) is 9.89 Å². The quantitative estimate of drug-likeness (QED) is 0.923. The lowest BCUT2D eigenvalue weighted by Gasteiger charge is -2.39. The fourth-order valence-electron chi connectivity index (χ4n) is 2.89. The molecule has 0 saturated carbocycles. The van der Waals surface area contributed by atoms with Gasteiger partial charge in [-0.25, -0.2) is 4.98 Å². The van der Waals surface area contributed by atoms with Crippen molar-refractivity contribution in [3.8, 4) is 0 Å². The number of hydrogen-bond acceptors (Lipinski definition) is 4. The molecule has 1 N–H and O–H groups in total. The molecule has 1 aliphatic heterocycles. The molecule has 6 heteroatoms. The number of amides is 1. The molecule has 0 radical (unpaired) electrons. The number of likely N-dealkylation sites (tertiary alicyclic amines) is 1. The monoisotopic (exact) mass is 290 g/mol. The largest absolute Gasteiger partial charge is 0.337 e. The number of piperidine rings is 1. The Morgan fingerprint density at radius 3 is 2.75 bits per heavy atom. The number of aromatic amines is 1. The van der Waals surface area contributed by atoms with E-state index in [1.54, 1.807) is 5.51 Å². The van der Waals surface area contributed by atoms with Crippen molar-refractivity contribution in [1.82, 2.24) is 20.1 Å². The lowest BCUT2D eigenvalue weighted by Crippen LogP contribution is -2.44. The maximum absolute atomic E-state index is 12.3. The Bertz CT molecular complexity index is 596. The van der Waals surface area contributed by atoms with Gasteiger partial charge in [-0.15, -0.1) is 11.3 Å². The zero-order valence-electron chi connectivity index (χ0n) is 11.7. The van der Waals surface area contributed by atoms with Gasteiger partial charge in [-0.1, -0.05) is 6.92 Å². The minimum Gasteiger partial charge on any atom is -0.337 e. The van der Waals surface area contributed by atoms with Crippen LogP contribution in [-0.4, -0.2) is 39.1 Å². The number of carbonyl (C=O) groups is 1. The van der Waals surface area contributed by atoms with E-state index in [1.807, 2.05) is 16.5 Å². The summed E-state index contributed by atoms with van der Waals surface area (Å²) in [5.41, 5.74) is 4.76. The number of nitrogens with zero attached hydrogens (tertiary/aromatic N) is 3. The van der Waals surface area contributed by atoms with Gasteiger partial charge in [0.1, 0.15) is 5.69 Å². The van der Waals surface area contributed by atoms with Gasteiger partial charge in [0.25, 0.3) is 5.91 Å². The zero-order valence-corrected chi connectivity index (χ0v) is 12.5. The number of rotatable bonds is 2. The lowest BCUT2D eigenvalue weighted by atomic mass is 9.76. The van der Waals surface area contributed by atoms with Crippen molar-refractivity contribution < 1.29 is 4.79 Å². The third kappa shape index (κ3) is 2.24. The topological polar surface area (TPSA) is 61.9 Å². The van der Waals surface area contributed by atoms with Crippen molar-refractivity contribution in [3.63, 3.8) is 0 Å². The Kier molecular flexibility index (Phi) is 3.33. The highest BCUT2D eigenvalue weighted by Gasteiger charge is 2.35. The van der Waals surface area contributed by atoms with Gasteiger partial charge in [-0.05, 0) is 25.3 Å². The van der Waals surface area contributed by atoms with Crippen LogP contribution in [0.15, 0.2) is 17.1 Å². The van der Waals surface area contributed by atoms with E-state index in [0.717, 1.165) is 25.9 Å². The molecule has 0 aliphatic carbocycles. The summed E-state index contributed by atoms with van der Waals surface area (Å²) in [5, 5.41) is 9.06. The van der Waals surface area contributed by atoms with Crippen LogP contribution in [0.4, 0.5) is 0 Å². The molecule has 106 valence electrons. The van der Waals surface area contributed by atoms with Crippen LogP contribution in [0.5, 0.6) is 0 Å². The number of aryl methyl sites for hydroxylation is 1. The molecule has 2 aromatic heterocycles. The normalized spacial score (nSPS) is 18.2. The summed E-state index contributed by atoms with van der Waals surface area (Å²) >= 11 is 1.46. The summed E-state index contributed by atoms with van der Waals surface area (Å²) in [6.45, 7) is 5.87. The number of thiazole rings is 1. The maximum atomic E-state index is 12.3. The summed E-state index contributed by atoms with van der Waals surface area (Å²) in [6, 6.07) is 0. The molecule has 2 aromatic rings. The molecule has 3 heterocycles. The van der Waals surface area contributed by atoms with E-state index in [2.05, 4.69) is 29.0 Å². The second-order valence-corrected chi connectivity index (χ2v) is 6.37. The molecule has 1 fully saturated rings. The SMILES string of the molecule is Cc1cn[nH]c1C1(C)CCN(C(=O)c2cscn2)CC1. The van der Waals surface area contributed by atoms with Gasteiger partial charge >= 0.3 is 0 Å². The van der Waals surface area contributed by atoms with Crippen LogP contribution in [0.1, 0.15) is 41.5 Å². The van der Waals surface area contributed by atoms with Crippen LogP contribution in [0.2, 0.25) is 0 Å². The van der Waals surface area contributed by atoms with E-state index in [9.17, 15) is 4.79 Å². The molecule has 1 aliphatic rings. The van der Waals surface area contributed by atoms with E-state index in [0.29, 0.717) is 5.69 Å². The average molecular weight is 290 g/mol. The number of aromatic nitrogens is 3. The third-order valence-corrected chi connectivity index (χ3v) is 4.82. The van der Waals surface area contributed by atoms with Crippen molar-refractivity contribution in [3.05, 3.63) is 34.0 Å². The predicted octanol–water partition coefficient (Wildman–Crippen LogP) is 2.37. The first-order chi connectivity index (χ1) is 9.60. The highest BCUT2D eigenvalue weighted by Crippen LogP contribution is 2.35. The van der Waals surface area contributed by atoms with Gasteiger partial charge in [-0.2, -0.15) is 5.10 Å². The van der Waals surface area contributed by atoms with Crippen LogP contribution in [0, 0.1) is 6.92 Å². The van der Waals surface area contributed by atoms with E-state index < -0.39 is 0 Å². The van der Waals surface area contributed by atoms with E-state index in [-0.39, 0.29) is 11.3 Å². The molecule has 0 aromatic carbocycles. The van der Waals surface area contributed by atoms with Crippen LogP contribution in [-0.2, 0) is 5.41 Å². The predicted molar refractivity (Wildman–Crippen MR) is 77.9 cm³/mol. The molecule has 3 rings (SSSR count). The van der Waals surface area contributed by atoms with E-state index >= 15 is 0 Å². The Labute approximate surface area is 122 Å². The van der Waals surface area contributed by atoms with E-state index in [4.69, 9.17) is 0 Å². The maximum Gasteiger partial charge on any atom is 0.273 e. The first kappa shape index (κ1) is 13.3. The fourth-order valence-corrected chi connectivity index (χ4v) is 3.42. The molecule has 5 nitrogen and oxygen atoms in total. The van der Waals surface area contributed by atoms with E-state index in [1.165, 1.54) is 22.6 Å². The molecule has 0 unspecified atom stereocenters. The van der Waals surface area contributed by atoms with Crippen molar-refractivity contribution in [2.24, 2.45) is 0 Å². The van der Waals surface area contributed by atoms with Gasteiger partial charge in [0.05, 0.1) is 11.7 Å². The van der Waals surface area contributed by atoms with Gasteiger partial charge in [0.2, 0.25) is 0 Å². The second kappa shape index (κ2) is 5.01. The molecule has 0 atom stereocenters. The van der Waals surface area contributed by atoms with Crippen molar-refractivity contribution in [2.75, 3.05) is 13.1 Å². The Morgan fingerprint density at radius 2 is 2.20 bits per heavy atom. The van der Waals surface area contributed by atoms with Crippen LogP contribution < -0.4 is 0 Å². The van der Waals surface area contributed by atoms with Crippen molar-refractivity contribution >= 4 is 17.2 Å². The molecule has 1 saturated heterocycles. The summed E-state index contributed by atoms with van der Waals surface area (Å²) < 4.78 is 0. The highest BCUT2D eigenvalue weighted by molar-refractivity contribution is 7.07. The Balaban J connectivity index is 1.71. The molecule has 20 heavy (non-hydrogen) atoms. The first-order valence-corrected chi connectivity index (χ1v) is 7.72. The highest BCUT2D eigenvalue weighted by atomic mass is 32.1. The van der Waals surface area contributed by atoms with Gasteiger partial charge in [0.15, 0.2) is 0 Å². The van der Waals surface area contributed by atoms with Crippen molar-refractivity contribution in [2.45, 2.75) is 32.1 Å².